The monoisotopic (exact) mass is 376 g/mol. The maximum Gasteiger partial charge on any atom is 0.244 e. The van der Waals surface area contributed by atoms with E-state index >= 15 is 0 Å². The number of methoxy groups -OCH3 is 3. The van der Waals surface area contributed by atoms with E-state index in [1.165, 1.54) is 6.08 Å². The zero-order chi connectivity index (χ0) is 19.1. The predicted molar refractivity (Wildman–Crippen MR) is 103 cm³/mol. The lowest BCUT2D eigenvalue weighted by Crippen LogP contribution is -2.26. The Morgan fingerprint density at radius 2 is 1.88 bits per heavy atom. The van der Waals surface area contributed by atoms with Crippen molar-refractivity contribution >= 4 is 23.3 Å². The quantitative estimate of drug-likeness (QED) is 0.711. The van der Waals surface area contributed by atoms with Crippen LogP contribution in [0.15, 0.2) is 23.6 Å². The van der Waals surface area contributed by atoms with Crippen LogP contribution < -0.4 is 19.5 Å². The van der Waals surface area contributed by atoms with Crippen LogP contribution in [-0.2, 0) is 4.79 Å². The molecule has 1 aromatic carbocycles. The Kier molecular flexibility index (Phi) is 7.03. The summed E-state index contributed by atoms with van der Waals surface area (Å²) in [5.74, 6) is 1.41. The van der Waals surface area contributed by atoms with Gasteiger partial charge in [0.25, 0.3) is 0 Å². The molecule has 140 valence electrons. The third-order valence-electron chi connectivity index (χ3n) is 3.77. The van der Waals surface area contributed by atoms with Crippen LogP contribution in [0.5, 0.6) is 17.2 Å². The molecular weight excluding hydrogens is 352 g/mol. The maximum absolute atomic E-state index is 12.3. The molecule has 0 aliphatic rings. The second kappa shape index (κ2) is 9.24. The highest BCUT2D eigenvalue weighted by Crippen LogP contribution is 2.38. The number of benzene rings is 1. The molecule has 1 N–H and O–H groups in total. The lowest BCUT2D eigenvalue weighted by atomic mass is 10.1. The Bertz CT molecular complexity index is 761. The van der Waals surface area contributed by atoms with Crippen LogP contribution >= 0.6 is 11.3 Å². The van der Waals surface area contributed by atoms with E-state index in [-0.39, 0.29) is 11.9 Å². The van der Waals surface area contributed by atoms with Crippen LogP contribution in [0.2, 0.25) is 0 Å². The largest absolute Gasteiger partial charge is 0.493 e. The minimum atomic E-state index is -0.182. The summed E-state index contributed by atoms with van der Waals surface area (Å²) in [4.78, 5) is 16.7. The predicted octanol–water partition coefficient (Wildman–Crippen LogP) is 3.76. The van der Waals surface area contributed by atoms with Crippen LogP contribution in [0.1, 0.15) is 35.7 Å². The standard InChI is InChI=1S/C19H24N2O4S/c1-6-14(19-20-12(2)11-26-19)21-17(22)8-7-13-9-15(23-3)18(25-5)16(10-13)24-4/h7-11,14H,6H2,1-5H3,(H,21,22)/b8-7+. The molecule has 1 amide bonds. The average molecular weight is 376 g/mol. The van der Waals surface area contributed by atoms with Gasteiger partial charge in [-0.3, -0.25) is 4.79 Å². The van der Waals surface area contributed by atoms with E-state index in [2.05, 4.69) is 10.3 Å². The number of amides is 1. The number of hydrogen-bond donors (Lipinski definition) is 1. The molecular formula is C19H24N2O4S. The lowest BCUT2D eigenvalue weighted by molar-refractivity contribution is -0.117. The number of carbonyl (C=O) groups is 1. The molecule has 1 atom stereocenters. The molecule has 1 heterocycles. The van der Waals surface area contributed by atoms with E-state index in [1.54, 1.807) is 50.9 Å². The van der Waals surface area contributed by atoms with E-state index in [0.717, 1.165) is 22.7 Å². The molecule has 6 nitrogen and oxygen atoms in total. The molecule has 1 aromatic heterocycles. The first-order valence-electron chi connectivity index (χ1n) is 8.23. The van der Waals surface area contributed by atoms with Crippen LogP contribution in [0.4, 0.5) is 0 Å². The van der Waals surface area contributed by atoms with E-state index in [1.807, 2.05) is 19.2 Å². The minimum absolute atomic E-state index is 0.0919. The number of ether oxygens (including phenoxy) is 3. The average Bonchev–Trinajstić information content (AvgIpc) is 3.09. The fraction of sp³-hybridized carbons (Fsp3) is 0.368. The second-order valence-electron chi connectivity index (χ2n) is 5.59. The Labute approximate surface area is 157 Å². The first-order chi connectivity index (χ1) is 12.5. The zero-order valence-corrected chi connectivity index (χ0v) is 16.5. The molecule has 2 aromatic rings. The summed E-state index contributed by atoms with van der Waals surface area (Å²) in [6.45, 7) is 3.96. The van der Waals surface area contributed by atoms with Gasteiger partial charge in [-0.2, -0.15) is 0 Å². The van der Waals surface area contributed by atoms with Crippen LogP contribution in [0, 0.1) is 6.92 Å². The van der Waals surface area contributed by atoms with Gasteiger partial charge in [-0.1, -0.05) is 6.92 Å². The molecule has 0 fully saturated rings. The Morgan fingerprint density at radius 1 is 1.23 bits per heavy atom. The molecule has 0 spiro atoms. The lowest BCUT2D eigenvalue weighted by Gasteiger charge is -2.13. The molecule has 0 bridgehead atoms. The second-order valence-corrected chi connectivity index (χ2v) is 6.48. The van der Waals surface area contributed by atoms with Gasteiger partial charge in [-0.15, -0.1) is 11.3 Å². The number of nitrogens with zero attached hydrogens (tertiary/aromatic N) is 1. The van der Waals surface area contributed by atoms with Gasteiger partial charge < -0.3 is 19.5 Å². The van der Waals surface area contributed by atoms with Crippen molar-refractivity contribution in [2.75, 3.05) is 21.3 Å². The van der Waals surface area contributed by atoms with Crippen molar-refractivity contribution in [1.82, 2.24) is 10.3 Å². The maximum atomic E-state index is 12.3. The smallest absolute Gasteiger partial charge is 0.244 e. The van der Waals surface area contributed by atoms with Gasteiger partial charge in [0, 0.05) is 17.2 Å². The van der Waals surface area contributed by atoms with Crippen molar-refractivity contribution in [3.05, 3.63) is 39.9 Å². The summed E-state index contributed by atoms with van der Waals surface area (Å²) >= 11 is 1.56. The highest BCUT2D eigenvalue weighted by molar-refractivity contribution is 7.09. The van der Waals surface area contributed by atoms with Crippen molar-refractivity contribution in [2.24, 2.45) is 0 Å². The summed E-state index contributed by atoms with van der Waals surface area (Å²) in [5.41, 5.74) is 1.73. The van der Waals surface area contributed by atoms with Crippen molar-refractivity contribution in [1.29, 1.82) is 0 Å². The molecule has 2 rings (SSSR count). The Balaban J connectivity index is 2.14. The molecule has 0 saturated carbocycles. The van der Waals surface area contributed by atoms with Gasteiger partial charge in [0.15, 0.2) is 11.5 Å². The van der Waals surface area contributed by atoms with Gasteiger partial charge in [0.05, 0.1) is 27.4 Å². The molecule has 0 aliphatic heterocycles. The number of hydrogen-bond acceptors (Lipinski definition) is 6. The van der Waals surface area contributed by atoms with Gasteiger partial charge in [0.2, 0.25) is 11.7 Å². The molecule has 0 radical (unpaired) electrons. The Hall–Kier alpha value is -2.54. The molecule has 0 aliphatic carbocycles. The van der Waals surface area contributed by atoms with Gasteiger partial charge in [-0.25, -0.2) is 4.98 Å². The topological polar surface area (TPSA) is 69.7 Å². The fourth-order valence-corrected chi connectivity index (χ4v) is 3.39. The highest BCUT2D eigenvalue weighted by Gasteiger charge is 2.15. The zero-order valence-electron chi connectivity index (χ0n) is 15.7. The minimum Gasteiger partial charge on any atom is -0.493 e. The summed E-state index contributed by atoms with van der Waals surface area (Å²) in [6.07, 6.45) is 3.97. The first-order valence-corrected chi connectivity index (χ1v) is 9.10. The van der Waals surface area contributed by atoms with Gasteiger partial charge in [-0.05, 0) is 37.1 Å². The third-order valence-corrected chi connectivity index (χ3v) is 4.85. The number of aromatic nitrogens is 1. The van der Waals surface area contributed by atoms with Crippen LogP contribution in [0.3, 0.4) is 0 Å². The van der Waals surface area contributed by atoms with Crippen molar-refractivity contribution in [3.63, 3.8) is 0 Å². The molecule has 1 unspecified atom stereocenters. The van der Waals surface area contributed by atoms with Crippen LogP contribution in [0.25, 0.3) is 6.08 Å². The van der Waals surface area contributed by atoms with E-state index in [4.69, 9.17) is 14.2 Å². The summed E-state index contributed by atoms with van der Waals surface area (Å²) in [7, 11) is 4.66. The van der Waals surface area contributed by atoms with Gasteiger partial charge >= 0.3 is 0 Å². The number of aryl methyl sites for hydroxylation is 1. The van der Waals surface area contributed by atoms with Crippen molar-refractivity contribution < 1.29 is 19.0 Å². The normalized spacial score (nSPS) is 12.0. The highest BCUT2D eigenvalue weighted by atomic mass is 32.1. The van der Waals surface area contributed by atoms with Crippen LogP contribution in [-0.4, -0.2) is 32.2 Å². The summed E-state index contributed by atoms with van der Waals surface area (Å²) in [6, 6.07) is 3.48. The number of carbonyl (C=O) groups excluding carboxylic acids is 1. The number of thiazole rings is 1. The summed E-state index contributed by atoms with van der Waals surface area (Å²) < 4.78 is 15.9. The van der Waals surface area contributed by atoms with Crippen molar-refractivity contribution in [2.45, 2.75) is 26.3 Å². The SMILES string of the molecule is CCC(NC(=O)/C=C/c1cc(OC)c(OC)c(OC)c1)c1nc(C)cs1. The molecule has 26 heavy (non-hydrogen) atoms. The number of rotatable bonds is 8. The first kappa shape index (κ1) is 19.8. The molecule has 0 saturated heterocycles. The van der Waals surface area contributed by atoms with E-state index in [9.17, 15) is 4.79 Å². The fourth-order valence-electron chi connectivity index (χ4n) is 2.46. The summed E-state index contributed by atoms with van der Waals surface area (Å²) in [5, 5.41) is 5.88. The van der Waals surface area contributed by atoms with Crippen molar-refractivity contribution in [3.8, 4) is 17.2 Å². The van der Waals surface area contributed by atoms with E-state index < -0.39 is 0 Å². The number of nitrogens with one attached hydrogen (secondary N) is 1. The third kappa shape index (κ3) is 4.76. The van der Waals surface area contributed by atoms with Gasteiger partial charge in [0.1, 0.15) is 5.01 Å². The Morgan fingerprint density at radius 3 is 2.35 bits per heavy atom. The van der Waals surface area contributed by atoms with E-state index in [0.29, 0.717) is 17.2 Å². The molecule has 7 heteroatoms.